The molecule has 4 rings (SSSR count). The molecule has 1 aliphatic heterocycles. The smallest absolute Gasteiger partial charge is 0.270 e. The Bertz CT molecular complexity index is 867. The van der Waals surface area contributed by atoms with Gasteiger partial charge in [-0.3, -0.25) is 24.1 Å². The molecule has 0 bridgehead atoms. The van der Waals surface area contributed by atoms with Gasteiger partial charge in [-0.2, -0.15) is 5.10 Å². The van der Waals surface area contributed by atoms with Gasteiger partial charge in [0.15, 0.2) is 0 Å². The first kappa shape index (κ1) is 17.1. The Kier molecular flexibility index (Phi) is 4.46. The molecule has 0 unspecified atom stereocenters. The molecule has 1 fully saturated rings. The molecule has 1 saturated carbocycles. The minimum atomic E-state index is -0.231. The van der Waals surface area contributed by atoms with Crippen LogP contribution in [0.3, 0.4) is 0 Å². The highest BCUT2D eigenvalue weighted by Gasteiger charge is 2.35. The molecule has 1 atom stereocenters. The lowest BCUT2D eigenvalue weighted by atomic mass is 9.87. The van der Waals surface area contributed by atoms with Crippen LogP contribution in [0.5, 0.6) is 0 Å². The summed E-state index contributed by atoms with van der Waals surface area (Å²) in [5.41, 5.74) is 2.55. The minimum absolute atomic E-state index is 0.0376. The number of nitrogens with one attached hydrogen (secondary N) is 2. The molecular weight excluding hydrogens is 330 g/mol. The maximum absolute atomic E-state index is 12.8. The number of carbonyl (C=O) groups excluding carboxylic acids is 1. The number of aryl methyl sites for hydroxylation is 1. The van der Waals surface area contributed by atoms with E-state index in [1.165, 1.54) is 32.1 Å². The van der Waals surface area contributed by atoms with Crippen LogP contribution in [-0.2, 0) is 11.8 Å². The molecule has 2 aromatic rings. The van der Waals surface area contributed by atoms with Crippen LogP contribution in [0.1, 0.15) is 80.1 Å². The van der Waals surface area contributed by atoms with Gasteiger partial charge in [-0.25, -0.2) is 0 Å². The van der Waals surface area contributed by atoms with Crippen molar-refractivity contribution in [3.63, 3.8) is 0 Å². The highest BCUT2D eigenvalue weighted by atomic mass is 16.2. The molecule has 0 radical (unpaired) electrons. The Hall–Kier alpha value is -2.31. The first-order chi connectivity index (χ1) is 12.6. The van der Waals surface area contributed by atoms with Gasteiger partial charge in [-0.15, -0.1) is 0 Å². The lowest BCUT2D eigenvalue weighted by molar-refractivity contribution is -0.116. The molecule has 0 spiro atoms. The van der Waals surface area contributed by atoms with Crippen molar-refractivity contribution < 1.29 is 4.79 Å². The SMILES string of the molecule is Cc1c([C@@H]2CC(=O)Nc3c2c(=O)[nH]n3C2CCCCCCC2)cnn1C. The number of amides is 1. The number of anilines is 1. The Morgan fingerprint density at radius 2 is 1.81 bits per heavy atom. The molecule has 26 heavy (non-hydrogen) atoms. The lowest BCUT2D eigenvalue weighted by Crippen LogP contribution is -2.27. The van der Waals surface area contributed by atoms with Crippen LogP contribution >= 0.6 is 0 Å². The highest BCUT2D eigenvalue weighted by Crippen LogP contribution is 2.38. The van der Waals surface area contributed by atoms with Gasteiger partial charge in [0.05, 0.1) is 17.8 Å². The van der Waals surface area contributed by atoms with Crippen molar-refractivity contribution in [3.8, 4) is 0 Å². The summed E-state index contributed by atoms with van der Waals surface area (Å²) >= 11 is 0. The number of fused-ring (bicyclic) bond motifs is 1. The molecule has 7 nitrogen and oxygen atoms in total. The van der Waals surface area contributed by atoms with Gasteiger partial charge in [0.1, 0.15) is 5.82 Å². The summed E-state index contributed by atoms with van der Waals surface area (Å²) in [5.74, 6) is 0.403. The van der Waals surface area contributed by atoms with E-state index in [-0.39, 0.29) is 29.8 Å². The van der Waals surface area contributed by atoms with Crippen molar-refractivity contribution in [3.05, 3.63) is 33.4 Å². The molecule has 2 aliphatic rings. The molecule has 1 amide bonds. The van der Waals surface area contributed by atoms with Crippen molar-refractivity contribution >= 4 is 11.7 Å². The summed E-state index contributed by atoms with van der Waals surface area (Å²) in [6, 6.07) is 0.251. The van der Waals surface area contributed by atoms with E-state index in [9.17, 15) is 9.59 Å². The summed E-state index contributed by atoms with van der Waals surface area (Å²) in [4.78, 5) is 25.3. The molecule has 7 heteroatoms. The van der Waals surface area contributed by atoms with Crippen LogP contribution in [0.2, 0.25) is 0 Å². The number of aromatic amines is 1. The van der Waals surface area contributed by atoms with Crippen LogP contribution < -0.4 is 10.9 Å². The van der Waals surface area contributed by atoms with Crippen LogP contribution in [-0.4, -0.2) is 25.5 Å². The molecule has 0 aromatic carbocycles. The zero-order valence-corrected chi connectivity index (χ0v) is 15.5. The number of rotatable bonds is 2. The lowest BCUT2D eigenvalue weighted by Gasteiger charge is -2.27. The predicted molar refractivity (Wildman–Crippen MR) is 99.4 cm³/mol. The molecule has 2 aromatic heterocycles. The van der Waals surface area contributed by atoms with Gasteiger partial charge in [0, 0.05) is 30.6 Å². The van der Waals surface area contributed by atoms with Crippen LogP contribution in [0, 0.1) is 6.92 Å². The van der Waals surface area contributed by atoms with Crippen LogP contribution in [0.25, 0.3) is 0 Å². The van der Waals surface area contributed by atoms with E-state index in [0.29, 0.717) is 11.4 Å². The average Bonchev–Trinajstić information content (AvgIpc) is 3.07. The van der Waals surface area contributed by atoms with E-state index in [1.807, 2.05) is 18.7 Å². The second-order valence-corrected chi connectivity index (χ2v) is 7.69. The number of H-pyrrole nitrogens is 1. The topological polar surface area (TPSA) is 84.7 Å². The molecule has 140 valence electrons. The zero-order chi connectivity index (χ0) is 18.3. The second kappa shape index (κ2) is 6.78. The van der Waals surface area contributed by atoms with Gasteiger partial charge in [0.2, 0.25) is 5.91 Å². The number of hydrogen-bond acceptors (Lipinski definition) is 3. The molecule has 1 aliphatic carbocycles. The van der Waals surface area contributed by atoms with E-state index in [1.54, 1.807) is 10.9 Å². The third-order valence-corrected chi connectivity index (χ3v) is 6.05. The Labute approximate surface area is 152 Å². The number of hydrogen-bond donors (Lipinski definition) is 2. The van der Waals surface area contributed by atoms with E-state index < -0.39 is 0 Å². The van der Waals surface area contributed by atoms with E-state index >= 15 is 0 Å². The maximum Gasteiger partial charge on any atom is 0.270 e. The largest absolute Gasteiger partial charge is 0.311 e. The monoisotopic (exact) mass is 357 g/mol. The molecule has 2 N–H and O–H groups in total. The van der Waals surface area contributed by atoms with Gasteiger partial charge in [-0.05, 0) is 19.8 Å². The van der Waals surface area contributed by atoms with E-state index in [4.69, 9.17) is 0 Å². The van der Waals surface area contributed by atoms with Crippen LogP contribution in [0.4, 0.5) is 5.82 Å². The predicted octanol–water partition coefficient (Wildman–Crippen LogP) is 2.98. The van der Waals surface area contributed by atoms with E-state index in [0.717, 1.165) is 24.1 Å². The number of nitrogens with zero attached hydrogens (tertiary/aromatic N) is 3. The van der Waals surface area contributed by atoms with Gasteiger partial charge in [0.25, 0.3) is 5.56 Å². The van der Waals surface area contributed by atoms with Crippen molar-refractivity contribution in [2.45, 2.75) is 70.3 Å². The van der Waals surface area contributed by atoms with Gasteiger partial charge < -0.3 is 5.32 Å². The van der Waals surface area contributed by atoms with Crippen molar-refractivity contribution in [2.24, 2.45) is 7.05 Å². The standard InChI is InChI=1S/C19H27N5O2/c1-12-15(11-20-23(12)2)14-10-16(25)21-18-17(14)19(26)22-24(18)13-8-6-4-3-5-7-9-13/h11,13-14H,3-10H2,1-2H3,(H,21,25)(H,22,26)/t14-/m0/s1. The summed E-state index contributed by atoms with van der Waals surface area (Å²) < 4.78 is 3.74. The minimum Gasteiger partial charge on any atom is -0.311 e. The third-order valence-electron chi connectivity index (χ3n) is 6.05. The Balaban J connectivity index is 1.77. The Morgan fingerprint density at radius 1 is 1.12 bits per heavy atom. The number of aromatic nitrogens is 4. The fraction of sp³-hybridized carbons (Fsp3) is 0.632. The summed E-state index contributed by atoms with van der Waals surface area (Å²) in [5, 5.41) is 10.3. The fourth-order valence-corrected chi connectivity index (χ4v) is 4.47. The summed E-state index contributed by atoms with van der Waals surface area (Å²) in [6.07, 6.45) is 10.3. The first-order valence-corrected chi connectivity index (χ1v) is 9.69. The van der Waals surface area contributed by atoms with Crippen molar-refractivity contribution in [2.75, 3.05) is 5.32 Å². The summed E-state index contributed by atoms with van der Waals surface area (Å²) in [7, 11) is 1.88. The van der Waals surface area contributed by atoms with Gasteiger partial charge in [-0.1, -0.05) is 32.1 Å². The van der Waals surface area contributed by atoms with Gasteiger partial charge >= 0.3 is 0 Å². The molecule has 3 heterocycles. The first-order valence-electron chi connectivity index (χ1n) is 9.69. The second-order valence-electron chi connectivity index (χ2n) is 7.69. The highest BCUT2D eigenvalue weighted by molar-refractivity contribution is 5.94. The summed E-state index contributed by atoms with van der Waals surface area (Å²) in [6.45, 7) is 1.98. The average molecular weight is 357 g/mol. The Morgan fingerprint density at radius 3 is 2.46 bits per heavy atom. The maximum atomic E-state index is 12.8. The third kappa shape index (κ3) is 2.89. The van der Waals surface area contributed by atoms with E-state index in [2.05, 4.69) is 15.5 Å². The molecule has 0 saturated heterocycles. The quantitative estimate of drug-likeness (QED) is 0.866. The van der Waals surface area contributed by atoms with Crippen molar-refractivity contribution in [1.29, 1.82) is 0 Å². The fourth-order valence-electron chi connectivity index (χ4n) is 4.47. The molecular formula is C19H27N5O2. The normalized spacial score (nSPS) is 21.8. The van der Waals surface area contributed by atoms with Crippen LogP contribution in [0.15, 0.2) is 11.0 Å². The zero-order valence-electron chi connectivity index (χ0n) is 15.5. The van der Waals surface area contributed by atoms with Crippen molar-refractivity contribution in [1.82, 2.24) is 19.6 Å². The number of carbonyl (C=O) groups is 1.